The number of hydrogen-bond donors (Lipinski definition) is 1. The lowest BCUT2D eigenvalue weighted by atomic mass is 10.2. The van der Waals surface area contributed by atoms with Gasteiger partial charge in [-0.15, -0.1) is 0 Å². The molecule has 3 rings (SSSR count). The molecule has 27 heavy (non-hydrogen) atoms. The largest absolute Gasteiger partial charge is 0.318 e. The molecule has 0 aliphatic rings. The minimum absolute atomic E-state index is 0.0329. The fourth-order valence-corrected chi connectivity index (χ4v) is 3.29. The van der Waals surface area contributed by atoms with E-state index in [2.05, 4.69) is 62.8 Å². The number of hydrazone groups is 1. The van der Waals surface area contributed by atoms with Gasteiger partial charge in [-0.1, -0.05) is 12.1 Å². The summed E-state index contributed by atoms with van der Waals surface area (Å²) in [6, 6.07) is 14.1. The summed E-state index contributed by atoms with van der Waals surface area (Å²) < 4.78 is 17.0. The number of benzene rings is 2. The van der Waals surface area contributed by atoms with Crippen molar-refractivity contribution in [2.24, 2.45) is 5.10 Å². The topological polar surface area (TPSA) is 46.4 Å². The molecule has 2 aromatic carbocycles. The van der Waals surface area contributed by atoms with Crippen LogP contribution in [-0.2, 0) is 0 Å². The summed E-state index contributed by atoms with van der Waals surface area (Å²) in [5, 5.41) is 3.99. The van der Waals surface area contributed by atoms with Gasteiger partial charge in [0.2, 0.25) is 0 Å². The van der Waals surface area contributed by atoms with Crippen LogP contribution in [0.1, 0.15) is 32.9 Å². The maximum atomic E-state index is 13.6. The molecule has 0 saturated carbocycles. The number of nitrogens with one attached hydrogen (secondary N) is 1. The van der Waals surface area contributed by atoms with Gasteiger partial charge in [0, 0.05) is 26.2 Å². The van der Waals surface area contributed by atoms with Crippen LogP contribution in [0.4, 0.5) is 4.39 Å². The Balaban J connectivity index is 1.82. The molecule has 0 saturated heterocycles. The number of hydrogen-bond acceptors (Lipinski definition) is 2. The Hall–Kier alpha value is -2.48. The number of carbonyl (C=O) groups excluding carboxylic acids is 1. The van der Waals surface area contributed by atoms with Crippen LogP contribution in [0.25, 0.3) is 5.69 Å². The van der Waals surface area contributed by atoms with Crippen LogP contribution in [0.5, 0.6) is 0 Å². The first kappa shape index (κ1) is 19.3. The first-order chi connectivity index (χ1) is 12.9. The van der Waals surface area contributed by atoms with Crippen molar-refractivity contribution in [3.05, 3.63) is 86.0 Å². The van der Waals surface area contributed by atoms with Gasteiger partial charge in [-0.2, -0.15) is 5.10 Å². The lowest BCUT2D eigenvalue weighted by Crippen LogP contribution is -2.18. The van der Waals surface area contributed by atoms with Gasteiger partial charge in [0.25, 0.3) is 5.91 Å². The molecule has 0 radical (unpaired) electrons. The maximum Gasteiger partial charge on any atom is 0.274 e. The predicted octanol–water partition coefficient (Wildman–Crippen LogP) is 4.91. The van der Waals surface area contributed by atoms with Crippen LogP contribution < -0.4 is 5.43 Å². The molecule has 0 bridgehead atoms. The van der Waals surface area contributed by atoms with Crippen molar-refractivity contribution in [1.29, 1.82) is 0 Å². The fraction of sp³-hybridized carbons (Fsp3) is 0.143. The van der Waals surface area contributed by atoms with E-state index in [0.717, 1.165) is 22.6 Å². The summed E-state index contributed by atoms with van der Waals surface area (Å²) in [6.07, 6.45) is 1.58. The lowest BCUT2D eigenvalue weighted by molar-refractivity contribution is 0.0951. The molecule has 0 aliphatic carbocycles. The number of rotatable bonds is 4. The van der Waals surface area contributed by atoms with E-state index in [4.69, 9.17) is 0 Å². The second-order valence-corrected chi connectivity index (χ2v) is 7.44. The highest BCUT2D eigenvalue weighted by Gasteiger charge is 2.12. The zero-order chi connectivity index (χ0) is 19.6. The summed E-state index contributed by atoms with van der Waals surface area (Å²) in [6.45, 7) is 6.11. The van der Waals surface area contributed by atoms with Gasteiger partial charge < -0.3 is 4.57 Å². The second kappa shape index (κ2) is 8.04. The minimum Gasteiger partial charge on any atom is -0.318 e. The molecule has 1 heterocycles. The molecule has 3 aromatic rings. The van der Waals surface area contributed by atoms with E-state index >= 15 is 0 Å². The third kappa shape index (κ3) is 4.10. The van der Waals surface area contributed by atoms with E-state index in [-0.39, 0.29) is 5.56 Å². The van der Waals surface area contributed by atoms with Gasteiger partial charge in [0.05, 0.1) is 11.8 Å². The smallest absolute Gasteiger partial charge is 0.274 e. The Bertz CT molecular complexity index is 1040. The van der Waals surface area contributed by atoms with E-state index in [9.17, 15) is 9.18 Å². The van der Waals surface area contributed by atoms with Gasteiger partial charge in [-0.25, -0.2) is 9.82 Å². The maximum absolute atomic E-state index is 13.6. The van der Waals surface area contributed by atoms with Gasteiger partial charge in [0.1, 0.15) is 5.82 Å². The summed E-state index contributed by atoms with van der Waals surface area (Å²) in [7, 11) is 0. The van der Waals surface area contributed by atoms with Crippen molar-refractivity contribution in [2.75, 3.05) is 0 Å². The highest BCUT2D eigenvalue weighted by Crippen LogP contribution is 2.22. The quantitative estimate of drug-likeness (QED) is 0.326. The average Bonchev–Trinajstić information content (AvgIpc) is 2.91. The predicted molar refractivity (Wildman–Crippen MR) is 114 cm³/mol. The number of amides is 1. The minimum atomic E-state index is -0.577. The van der Waals surface area contributed by atoms with Crippen molar-refractivity contribution in [2.45, 2.75) is 20.8 Å². The Labute approximate surface area is 171 Å². The van der Waals surface area contributed by atoms with Gasteiger partial charge >= 0.3 is 0 Å². The van der Waals surface area contributed by atoms with Gasteiger partial charge in [-0.05, 0) is 85.3 Å². The second-order valence-electron chi connectivity index (χ2n) is 6.27. The number of halogens is 2. The number of aryl methyl sites for hydroxylation is 2. The van der Waals surface area contributed by atoms with E-state index in [1.54, 1.807) is 12.3 Å². The Kier molecular flexibility index (Phi) is 5.74. The van der Waals surface area contributed by atoms with E-state index < -0.39 is 11.7 Å². The monoisotopic (exact) mass is 475 g/mol. The zero-order valence-electron chi connectivity index (χ0n) is 15.3. The highest BCUT2D eigenvalue weighted by atomic mass is 127. The van der Waals surface area contributed by atoms with E-state index in [1.807, 2.05) is 19.9 Å². The summed E-state index contributed by atoms with van der Waals surface area (Å²) in [5.41, 5.74) is 7.61. The van der Waals surface area contributed by atoms with Crippen LogP contribution >= 0.6 is 22.6 Å². The molecule has 0 aliphatic heterocycles. The molecule has 1 amide bonds. The lowest BCUT2D eigenvalue weighted by Gasteiger charge is -2.11. The van der Waals surface area contributed by atoms with Crippen LogP contribution in [0.15, 0.2) is 53.6 Å². The molecule has 0 unspecified atom stereocenters. The normalized spacial score (nSPS) is 11.1. The Morgan fingerprint density at radius 2 is 1.89 bits per heavy atom. The molecule has 1 aromatic heterocycles. The zero-order valence-corrected chi connectivity index (χ0v) is 17.4. The van der Waals surface area contributed by atoms with Gasteiger partial charge in [-0.3, -0.25) is 4.79 Å². The number of nitrogens with zero attached hydrogens (tertiary/aromatic N) is 2. The molecule has 6 heteroatoms. The van der Waals surface area contributed by atoms with Gasteiger partial charge in [0.15, 0.2) is 0 Å². The van der Waals surface area contributed by atoms with E-state index in [0.29, 0.717) is 0 Å². The Morgan fingerprint density at radius 3 is 2.59 bits per heavy atom. The van der Waals surface area contributed by atoms with Crippen LogP contribution in [0.3, 0.4) is 0 Å². The van der Waals surface area contributed by atoms with Crippen molar-refractivity contribution in [3.63, 3.8) is 0 Å². The van der Waals surface area contributed by atoms with Crippen LogP contribution in [0.2, 0.25) is 0 Å². The number of aromatic nitrogens is 1. The first-order valence-electron chi connectivity index (χ1n) is 8.42. The molecule has 138 valence electrons. The SMILES string of the molecule is Cc1cc(-n2c(C)cc(/C=N\NC(=O)c3ccccc3F)c2C)ccc1I. The molecule has 4 nitrogen and oxygen atoms in total. The molecule has 0 spiro atoms. The van der Waals surface area contributed by atoms with Crippen molar-refractivity contribution < 1.29 is 9.18 Å². The Morgan fingerprint density at radius 1 is 1.15 bits per heavy atom. The molecule has 1 N–H and O–H groups in total. The standard InChI is InChI=1S/C21H19FIN3O/c1-13-10-17(8-9-20(13)23)26-14(2)11-16(15(26)3)12-24-25-21(27)18-6-4-5-7-19(18)22/h4-12H,1-3H3,(H,25,27)/b24-12-. The van der Waals surface area contributed by atoms with Crippen molar-refractivity contribution in [3.8, 4) is 5.69 Å². The molecular weight excluding hydrogens is 456 g/mol. The van der Waals surface area contributed by atoms with Crippen LogP contribution in [-0.4, -0.2) is 16.7 Å². The highest BCUT2D eigenvalue weighted by molar-refractivity contribution is 14.1. The van der Waals surface area contributed by atoms with E-state index in [1.165, 1.54) is 27.3 Å². The fourth-order valence-electron chi connectivity index (χ4n) is 2.95. The molecule has 0 atom stereocenters. The average molecular weight is 475 g/mol. The summed E-state index contributed by atoms with van der Waals surface area (Å²) in [5.74, 6) is -1.15. The number of carbonyl (C=O) groups is 1. The summed E-state index contributed by atoms with van der Waals surface area (Å²) >= 11 is 2.32. The van der Waals surface area contributed by atoms with Crippen LogP contribution in [0, 0.1) is 30.2 Å². The van der Waals surface area contributed by atoms with Crippen molar-refractivity contribution >= 4 is 34.7 Å². The molecular formula is C21H19FIN3O. The first-order valence-corrected chi connectivity index (χ1v) is 9.49. The third-order valence-electron chi connectivity index (χ3n) is 4.36. The third-order valence-corrected chi connectivity index (χ3v) is 5.57. The summed E-state index contributed by atoms with van der Waals surface area (Å²) in [4.78, 5) is 12.0. The van der Waals surface area contributed by atoms with Crippen molar-refractivity contribution in [1.82, 2.24) is 9.99 Å². The molecule has 0 fully saturated rings.